The van der Waals surface area contributed by atoms with Crippen LogP contribution in [0.3, 0.4) is 0 Å². The molecule has 1 saturated carbocycles. The lowest BCUT2D eigenvalue weighted by atomic mass is 9.96. The Balaban J connectivity index is 2.13. The highest BCUT2D eigenvalue weighted by molar-refractivity contribution is 4.87. The highest BCUT2D eigenvalue weighted by Gasteiger charge is 2.13. The molecule has 0 spiro atoms. The maximum Gasteiger partial charge on any atom is 0.0520 e. The predicted molar refractivity (Wildman–Crippen MR) is 43.2 cm³/mol. The molecule has 0 aliphatic heterocycles. The third-order valence-electron chi connectivity index (χ3n) is 1.84. The second kappa shape index (κ2) is 3.94. The highest BCUT2D eigenvalue weighted by Crippen LogP contribution is 2.22. The number of rotatable bonds is 2. The molecule has 0 bridgehead atoms. The van der Waals surface area contributed by atoms with E-state index in [9.17, 15) is 0 Å². The van der Waals surface area contributed by atoms with Gasteiger partial charge in [0, 0.05) is 14.1 Å². The van der Waals surface area contributed by atoms with Gasteiger partial charge in [-0.15, -0.1) is 0 Å². The van der Waals surface area contributed by atoms with Gasteiger partial charge in [0.1, 0.15) is 0 Å². The molecular formula is C8H17N2. The van der Waals surface area contributed by atoms with Gasteiger partial charge in [-0.1, -0.05) is 19.3 Å². The predicted octanol–water partition coefficient (Wildman–Crippen LogP) is 1.55. The van der Waals surface area contributed by atoms with Crippen molar-refractivity contribution in [1.82, 2.24) is 10.4 Å². The van der Waals surface area contributed by atoms with E-state index in [-0.39, 0.29) is 0 Å². The fraction of sp³-hybridized carbons (Fsp3) is 0.875. The van der Waals surface area contributed by atoms with Crippen LogP contribution in [-0.2, 0) is 0 Å². The fourth-order valence-corrected chi connectivity index (χ4v) is 1.41. The smallest absolute Gasteiger partial charge is 0.0520 e. The van der Waals surface area contributed by atoms with Crippen LogP contribution >= 0.6 is 0 Å². The summed E-state index contributed by atoms with van der Waals surface area (Å²) in [5, 5.41) is 2.03. The largest absolute Gasteiger partial charge is 0.250 e. The molecule has 1 radical (unpaired) electrons. The lowest BCUT2D eigenvalue weighted by Crippen LogP contribution is -2.35. The second-order valence-corrected chi connectivity index (χ2v) is 3.17. The lowest BCUT2D eigenvalue weighted by molar-refractivity contribution is 0.266. The zero-order chi connectivity index (χ0) is 7.40. The van der Waals surface area contributed by atoms with Crippen molar-refractivity contribution in [3.63, 3.8) is 0 Å². The molecule has 0 aromatic heterocycles. The van der Waals surface area contributed by atoms with Gasteiger partial charge in [0.15, 0.2) is 0 Å². The Bertz CT molecular complexity index is 85.3. The van der Waals surface area contributed by atoms with Crippen LogP contribution in [0.5, 0.6) is 0 Å². The molecule has 0 heterocycles. The summed E-state index contributed by atoms with van der Waals surface area (Å²) in [5.41, 5.74) is 3.33. The molecule has 0 unspecified atom stereocenters. The molecule has 0 aromatic rings. The molecule has 1 aliphatic rings. The van der Waals surface area contributed by atoms with E-state index in [4.69, 9.17) is 0 Å². The maximum atomic E-state index is 3.33. The Morgan fingerprint density at radius 1 is 1.10 bits per heavy atom. The minimum absolute atomic E-state index is 1.28. The normalized spacial score (nSPS) is 21.9. The van der Waals surface area contributed by atoms with Gasteiger partial charge in [0.2, 0.25) is 0 Å². The van der Waals surface area contributed by atoms with Gasteiger partial charge in [0.25, 0.3) is 0 Å². The van der Waals surface area contributed by atoms with Crippen LogP contribution < -0.4 is 5.43 Å². The van der Waals surface area contributed by atoms with Crippen LogP contribution in [0.1, 0.15) is 32.1 Å². The van der Waals surface area contributed by atoms with E-state index in [2.05, 4.69) is 5.43 Å². The summed E-state index contributed by atoms with van der Waals surface area (Å²) in [6.07, 6.45) is 6.71. The number of hydrazine groups is 1. The third-order valence-corrected chi connectivity index (χ3v) is 1.84. The Labute approximate surface area is 63.6 Å². The van der Waals surface area contributed by atoms with Crippen LogP contribution in [0.4, 0.5) is 0 Å². The van der Waals surface area contributed by atoms with Crippen molar-refractivity contribution in [3.05, 3.63) is 6.04 Å². The van der Waals surface area contributed by atoms with Crippen molar-refractivity contribution in [1.29, 1.82) is 0 Å². The molecule has 2 heteroatoms. The molecular weight excluding hydrogens is 124 g/mol. The van der Waals surface area contributed by atoms with Crippen molar-refractivity contribution < 1.29 is 0 Å². The molecule has 0 amide bonds. The second-order valence-electron chi connectivity index (χ2n) is 3.17. The van der Waals surface area contributed by atoms with Gasteiger partial charge in [-0.2, -0.15) is 0 Å². The van der Waals surface area contributed by atoms with Gasteiger partial charge in [-0.3, -0.25) is 5.01 Å². The minimum Gasteiger partial charge on any atom is -0.250 e. The van der Waals surface area contributed by atoms with Gasteiger partial charge >= 0.3 is 0 Å². The van der Waals surface area contributed by atoms with Crippen molar-refractivity contribution >= 4 is 0 Å². The van der Waals surface area contributed by atoms with Gasteiger partial charge in [-0.25, -0.2) is 5.43 Å². The monoisotopic (exact) mass is 141 g/mol. The maximum absolute atomic E-state index is 3.33. The van der Waals surface area contributed by atoms with E-state index in [1.807, 2.05) is 19.1 Å². The summed E-state index contributed by atoms with van der Waals surface area (Å²) in [4.78, 5) is 0. The molecule has 0 aromatic carbocycles. The Kier molecular flexibility index (Phi) is 3.16. The topological polar surface area (TPSA) is 15.3 Å². The first-order valence-electron chi connectivity index (χ1n) is 4.08. The van der Waals surface area contributed by atoms with E-state index < -0.39 is 0 Å². The van der Waals surface area contributed by atoms with Gasteiger partial charge in [-0.05, 0) is 12.8 Å². The molecule has 1 aliphatic carbocycles. The van der Waals surface area contributed by atoms with Crippen molar-refractivity contribution in [2.24, 2.45) is 0 Å². The molecule has 1 rings (SSSR count). The third kappa shape index (κ3) is 2.67. The molecule has 59 valence electrons. The Hall–Kier alpha value is -0.0800. The first-order valence-corrected chi connectivity index (χ1v) is 4.08. The van der Waals surface area contributed by atoms with Gasteiger partial charge < -0.3 is 0 Å². The quantitative estimate of drug-likeness (QED) is 0.587. The van der Waals surface area contributed by atoms with Gasteiger partial charge in [0.05, 0.1) is 6.04 Å². The molecule has 10 heavy (non-hydrogen) atoms. The summed E-state index contributed by atoms with van der Waals surface area (Å²) < 4.78 is 0. The van der Waals surface area contributed by atoms with Crippen molar-refractivity contribution in [2.45, 2.75) is 32.1 Å². The van der Waals surface area contributed by atoms with Crippen LogP contribution in [0.2, 0.25) is 0 Å². The van der Waals surface area contributed by atoms with Crippen molar-refractivity contribution in [3.8, 4) is 0 Å². The number of nitrogens with zero attached hydrogens (tertiary/aromatic N) is 1. The number of hydrogen-bond donors (Lipinski definition) is 1. The average molecular weight is 141 g/mol. The van der Waals surface area contributed by atoms with E-state index in [1.54, 1.807) is 0 Å². The van der Waals surface area contributed by atoms with Crippen LogP contribution in [0.25, 0.3) is 0 Å². The average Bonchev–Trinajstić information content (AvgIpc) is 1.88. The minimum atomic E-state index is 1.28. The van der Waals surface area contributed by atoms with Crippen LogP contribution in [0.15, 0.2) is 0 Å². The lowest BCUT2D eigenvalue weighted by Gasteiger charge is -2.25. The SMILES string of the molecule is CN(C)N[C]1CCCCC1. The summed E-state index contributed by atoms with van der Waals surface area (Å²) in [6, 6.07) is 1.51. The summed E-state index contributed by atoms with van der Waals surface area (Å²) in [5.74, 6) is 0. The standard InChI is InChI=1S/C8H17N2/c1-10(2)9-8-6-4-3-5-7-8/h9H,3-7H2,1-2H3. The Morgan fingerprint density at radius 3 is 2.20 bits per heavy atom. The molecule has 0 atom stereocenters. The number of nitrogens with one attached hydrogen (secondary N) is 1. The van der Waals surface area contributed by atoms with E-state index in [0.717, 1.165) is 0 Å². The molecule has 2 nitrogen and oxygen atoms in total. The molecule has 1 fully saturated rings. The molecule has 1 N–H and O–H groups in total. The zero-order valence-corrected chi connectivity index (χ0v) is 6.98. The zero-order valence-electron chi connectivity index (χ0n) is 6.98. The summed E-state index contributed by atoms with van der Waals surface area (Å²) in [6.45, 7) is 0. The summed E-state index contributed by atoms with van der Waals surface area (Å²) in [7, 11) is 4.09. The van der Waals surface area contributed by atoms with E-state index in [1.165, 1.54) is 38.1 Å². The molecule has 0 saturated heterocycles. The summed E-state index contributed by atoms with van der Waals surface area (Å²) >= 11 is 0. The van der Waals surface area contributed by atoms with Crippen LogP contribution in [-0.4, -0.2) is 19.1 Å². The first kappa shape index (κ1) is 8.02. The Morgan fingerprint density at radius 2 is 1.70 bits per heavy atom. The van der Waals surface area contributed by atoms with Crippen molar-refractivity contribution in [2.75, 3.05) is 14.1 Å². The number of hydrogen-bond acceptors (Lipinski definition) is 2. The highest BCUT2D eigenvalue weighted by atomic mass is 15.5. The van der Waals surface area contributed by atoms with Crippen LogP contribution in [0, 0.1) is 6.04 Å². The van der Waals surface area contributed by atoms with E-state index >= 15 is 0 Å². The van der Waals surface area contributed by atoms with E-state index in [0.29, 0.717) is 0 Å². The first-order chi connectivity index (χ1) is 4.79. The fourth-order valence-electron chi connectivity index (χ4n) is 1.41.